The van der Waals surface area contributed by atoms with Crippen LogP contribution in [0, 0.1) is 0 Å². The third kappa shape index (κ3) is 2.94. The van der Waals surface area contributed by atoms with Gasteiger partial charge in [-0.2, -0.15) is 0 Å². The van der Waals surface area contributed by atoms with Gasteiger partial charge in [0.2, 0.25) is 0 Å². The Morgan fingerprint density at radius 2 is 1.67 bits per heavy atom. The van der Waals surface area contributed by atoms with Crippen molar-refractivity contribution in [1.82, 2.24) is 10.2 Å². The molecule has 0 atom stereocenters. The summed E-state index contributed by atoms with van der Waals surface area (Å²) in [7, 11) is 0. The number of hydrogen-bond acceptors (Lipinski definition) is 2. The smallest absolute Gasteiger partial charge is 0.0348 e. The fourth-order valence-corrected chi connectivity index (χ4v) is 3.02. The van der Waals surface area contributed by atoms with E-state index in [-0.39, 0.29) is 0 Å². The third-order valence-electron chi connectivity index (χ3n) is 4.00. The van der Waals surface area contributed by atoms with Crippen LogP contribution in [0.3, 0.4) is 0 Å². The molecule has 2 fully saturated rings. The Labute approximate surface area is 94.4 Å². The molecule has 2 aliphatic rings. The average molecular weight is 210 g/mol. The Kier molecular flexibility index (Phi) is 4.45. The Balaban J connectivity index is 1.88. The molecular formula is C13H26N2. The Hall–Kier alpha value is -0.0800. The van der Waals surface area contributed by atoms with Gasteiger partial charge in [-0.3, -0.25) is 4.90 Å². The molecule has 0 radical (unpaired) electrons. The molecule has 0 unspecified atom stereocenters. The van der Waals surface area contributed by atoms with Gasteiger partial charge >= 0.3 is 0 Å². The normalized spacial score (nSPS) is 25.2. The Morgan fingerprint density at radius 3 is 2.13 bits per heavy atom. The van der Waals surface area contributed by atoms with Crippen molar-refractivity contribution in [3.05, 3.63) is 0 Å². The summed E-state index contributed by atoms with van der Waals surface area (Å²) in [6.45, 7) is 6.10. The number of rotatable bonds is 4. The van der Waals surface area contributed by atoms with E-state index in [1.54, 1.807) is 0 Å². The van der Waals surface area contributed by atoms with Gasteiger partial charge in [-0.15, -0.1) is 0 Å². The lowest BCUT2D eigenvalue weighted by Gasteiger charge is -2.43. The first-order chi connectivity index (χ1) is 7.42. The first-order valence-electron chi connectivity index (χ1n) is 6.88. The maximum atomic E-state index is 3.41. The summed E-state index contributed by atoms with van der Waals surface area (Å²) >= 11 is 0. The van der Waals surface area contributed by atoms with E-state index in [2.05, 4.69) is 17.1 Å². The molecule has 1 N–H and O–H groups in total. The summed E-state index contributed by atoms with van der Waals surface area (Å²) in [6, 6.07) is 1.76. The lowest BCUT2D eigenvalue weighted by Crippen LogP contribution is -2.60. The summed E-state index contributed by atoms with van der Waals surface area (Å²) in [6.07, 6.45) is 10.1. The molecular weight excluding hydrogens is 184 g/mol. The molecule has 0 bridgehead atoms. The SMILES string of the molecule is CCCN(C1CCCCCC1)C1CNC1. The van der Waals surface area contributed by atoms with Crippen LogP contribution in [-0.2, 0) is 0 Å². The molecule has 1 aliphatic carbocycles. The molecule has 88 valence electrons. The predicted octanol–water partition coefficient (Wildman–Crippen LogP) is 2.39. The van der Waals surface area contributed by atoms with Crippen molar-refractivity contribution in [3.63, 3.8) is 0 Å². The van der Waals surface area contributed by atoms with Crippen molar-refractivity contribution < 1.29 is 0 Å². The van der Waals surface area contributed by atoms with Gasteiger partial charge in [-0.05, 0) is 25.8 Å². The molecule has 1 saturated heterocycles. The van der Waals surface area contributed by atoms with E-state index < -0.39 is 0 Å². The van der Waals surface area contributed by atoms with E-state index in [1.165, 1.54) is 64.6 Å². The zero-order chi connectivity index (χ0) is 10.5. The lowest BCUT2D eigenvalue weighted by atomic mass is 10.0. The van der Waals surface area contributed by atoms with Gasteiger partial charge in [-0.25, -0.2) is 0 Å². The van der Waals surface area contributed by atoms with Gasteiger partial charge in [0, 0.05) is 25.2 Å². The van der Waals surface area contributed by atoms with Gasteiger partial charge in [0.1, 0.15) is 0 Å². The van der Waals surface area contributed by atoms with Gasteiger partial charge in [-0.1, -0.05) is 32.6 Å². The van der Waals surface area contributed by atoms with Crippen LogP contribution in [0.15, 0.2) is 0 Å². The van der Waals surface area contributed by atoms with Gasteiger partial charge in [0.05, 0.1) is 0 Å². The van der Waals surface area contributed by atoms with E-state index in [1.807, 2.05) is 0 Å². The van der Waals surface area contributed by atoms with Crippen molar-refractivity contribution in [2.24, 2.45) is 0 Å². The molecule has 2 rings (SSSR count). The zero-order valence-electron chi connectivity index (χ0n) is 10.2. The second-order valence-electron chi connectivity index (χ2n) is 5.20. The lowest BCUT2D eigenvalue weighted by molar-refractivity contribution is 0.0856. The molecule has 1 saturated carbocycles. The maximum Gasteiger partial charge on any atom is 0.0348 e. The van der Waals surface area contributed by atoms with Crippen LogP contribution in [0.2, 0.25) is 0 Å². The summed E-state index contributed by atoms with van der Waals surface area (Å²) < 4.78 is 0. The highest BCUT2D eigenvalue weighted by Gasteiger charge is 2.29. The number of hydrogen-bond donors (Lipinski definition) is 1. The molecule has 15 heavy (non-hydrogen) atoms. The largest absolute Gasteiger partial charge is 0.314 e. The fraction of sp³-hybridized carbons (Fsp3) is 1.00. The summed E-state index contributed by atoms with van der Waals surface area (Å²) in [5.74, 6) is 0. The molecule has 0 aromatic rings. The van der Waals surface area contributed by atoms with E-state index in [0.29, 0.717) is 0 Å². The molecule has 1 aliphatic heterocycles. The zero-order valence-corrected chi connectivity index (χ0v) is 10.2. The van der Waals surface area contributed by atoms with Crippen LogP contribution >= 0.6 is 0 Å². The molecule has 1 heterocycles. The summed E-state index contributed by atoms with van der Waals surface area (Å²) in [5.41, 5.74) is 0. The fourth-order valence-electron chi connectivity index (χ4n) is 3.02. The molecule has 0 amide bonds. The second-order valence-corrected chi connectivity index (χ2v) is 5.20. The van der Waals surface area contributed by atoms with E-state index in [9.17, 15) is 0 Å². The minimum Gasteiger partial charge on any atom is -0.314 e. The second kappa shape index (κ2) is 5.86. The van der Waals surface area contributed by atoms with Crippen LogP contribution in [0.5, 0.6) is 0 Å². The van der Waals surface area contributed by atoms with Gasteiger partial charge in [0.15, 0.2) is 0 Å². The van der Waals surface area contributed by atoms with E-state index >= 15 is 0 Å². The van der Waals surface area contributed by atoms with Crippen molar-refractivity contribution in [3.8, 4) is 0 Å². The van der Waals surface area contributed by atoms with Gasteiger partial charge < -0.3 is 5.32 Å². The molecule has 2 nitrogen and oxygen atoms in total. The molecule has 0 aromatic carbocycles. The first kappa shape index (κ1) is 11.4. The predicted molar refractivity (Wildman–Crippen MR) is 65.1 cm³/mol. The van der Waals surface area contributed by atoms with Crippen LogP contribution in [-0.4, -0.2) is 36.6 Å². The quantitative estimate of drug-likeness (QED) is 0.717. The molecule has 2 heteroatoms. The van der Waals surface area contributed by atoms with Crippen molar-refractivity contribution >= 4 is 0 Å². The standard InChI is InChI=1S/C13H26N2/c1-2-9-15(13-10-14-11-13)12-7-5-3-4-6-8-12/h12-14H,2-11H2,1H3. The van der Waals surface area contributed by atoms with Crippen LogP contribution < -0.4 is 5.32 Å². The third-order valence-corrected chi connectivity index (χ3v) is 4.00. The first-order valence-corrected chi connectivity index (χ1v) is 6.88. The highest BCUT2D eigenvalue weighted by molar-refractivity contribution is 4.88. The van der Waals surface area contributed by atoms with E-state index in [0.717, 1.165) is 12.1 Å². The highest BCUT2D eigenvalue weighted by atomic mass is 15.3. The number of nitrogens with zero attached hydrogens (tertiary/aromatic N) is 1. The minimum atomic E-state index is 0.855. The van der Waals surface area contributed by atoms with Crippen LogP contribution in [0.25, 0.3) is 0 Å². The van der Waals surface area contributed by atoms with Gasteiger partial charge in [0.25, 0.3) is 0 Å². The van der Waals surface area contributed by atoms with Crippen molar-refractivity contribution in [1.29, 1.82) is 0 Å². The van der Waals surface area contributed by atoms with Crippen LogP contribution in [0.4, 0.5) is 0 Å². The molecule has 0 aromatic heterocycles. The highest BCUT2D eigenvalue weighted by Crippen LogP contribution is 2.24. The maximum absolute atomic E-state index is 3.41. The average Bonchev–Trinajstić information content (AvgIpc) is 2.42. The summed E-state index contributed by atoms with van der Waals surface area (Å²) in [4.78, 5) is 2.81. The topological polar surface area (TPSA) is 15.3 Å². The summed E-state index contributed by atoms with van der Waals surface area (Å²) in [5, 5.41) is 3.41. The van der Waals surface area contributed by atoms with E-state index in [4.69, 9.17) is 0 Å². The Bertz CT molecular complexity index is 169. The van der Waals surface area contributed by atoms with Crippen molar-refractivity contribution in [2.75, 3.05) is 19.6 Å². The van der Waals surface area contributed by atoms with Crippen molar-refractivity contribution in [2.45, 2.75) is 64.0 Å². The monoisotopic (exact) mass is 210 g/mol. The number of nitrogens with one attached hydrogen (secondary N) is 1. The Morgan fingerprint density at radius 1 is 1.00 bits per heavy atom. The van der Waals surface area contributed by atoms with Crippen LogP contribution in [0.1, 0.15) is 51.9 Å². The molecule has 0 spiro atoms. The minimum absolute atomic E-state index is 0.855.